The number of aromatic nitrogens is 4. The number of benzene rings is 1. The molecule has 6 atom stereocenters. The van der Waals surface area contributed by atoms with Crippen LogP contribution in [0, 0.1) is 0 Å². The summed E-state index contributed by atoms with van der Waals surface area (Å²) in [5.41, 5.74) is 6.14. The molecular formula is C17H20N5O14P3. The normalized spacial score (nSPS) is 24.7. The Hall–Kier alpha value is -2.63. The molecular weight excluding hydrogens is 591 g/mol. The predicted molar refractivity (Wildman–Crippen MR) is 125 cm³/mol. The highest BCUT2D eigenvalue weighted by molar-refractivity contribution is 7.66. The molecule has 0 spiro atoms. The molecule has 19 nitrogen and oxygen atoms in total. The molecule has 39 heavy (non-hydrogen) atoms. The van der Waals surface area contributed by atoms with Crippen molar-refractivity contribution in [3.8, 4) is 0 Å². The molecule has 1 aromatic carbocycles. The lowest BCUT2D eigenvalue weighted by atomic mass is 10.1. The van der Waals surface area contributed by atoms with Gasteiger partial charge in [-0.05, 0) is 12.1 Å². The second kappa shape index (κ2) is 11.1. The van der Waals surface area contributed by atoms with Gasteiger partial charge in [0, 0.05) is 0 Å². The number of anilines is 1. The fourth-order valence-electron chi connectivity index (χ4n) is 3.52. The predicted octanol–water partition coefficient (Wildman–Crippen LogP) is 0.236. The number of imidazole rings is 1. The fraction of sp³-hybridized carbons (Fsp3) is 0.294. The molecule has 0 aliphatic carbocycles. The first kappa shape index (κ1) is 29.4. The van der Waals surface area contributed by atoms with E-state index in [1.807, 2.05) is 0 Å². The van der Waals surface area contributed by atoms with Crippen LogP contribution < -0.4 is 5.73 Å². The van der Waals surface area contributed by atoms with E-state index in [9.17, 15) is 33.4 Å². The summed E-state index contributed by atoms with van der Waals surface area (Å²) >= 11 is 0. The van der Waals surface area contributed by atoms with Crippen molar-refractivity contribution in [3.63, 3.8) is 0 Å². The number of aliphatic hydroxyl groups excluding tert-OH is 1. The number of carbonyl (C=O) groups excluding carboxylic acids is 1. The van der Waals surface area contributed by atoms with Crippen LogP contribution >= 0.6 is 23.5 Å². The van der Waals surface area contributed by atoms with Gasteiger partial charge in [-0.3, -0.25) is 9.09 Å². The Labute approximate surface area is 217 Å². The summed E-state index contributed by atoms with van der Waals surface area (Å²) < 4.78 is 58.9. The van der Waals surface area contributed by atoms with Crippen LogP contribution in [0.2, 0.25) is 0 Å². The van der Waals surface area contributed by atoms with Gasteiger partial charge in [0.15, 0.2) is 23.8 Å². The molecule has 0 amide bonds. The van der Waals surface area contributed by atoms with Crippen LogP contribution in [0.4, 0.5) is 5.82 Å². The van der Waals surface area contributed by atoms with Crippen LogP contribution in [0.5, 0.6) is 0 Å². The number of phosphoric ester groups is 1. The van der Waals surface area contributed by atoms with E-state index in [-0.39, 0.29) is 22.5 Å². The number of phosphoric acid groups is 3. The number of nitrogens with two attached hydrogens (primary N) is 1. The standard InChI is InChI=1S/C17H20N5O14P3/c18-14-11-15(20-7-19-14)22(8-21-11)16-12(23)13(34-17(24)9-4-2-1-3-5-9)10(33-16)6-32-38(28,29)36-39(30,31)35-37(25,26)27/h1-5,7-8,10,12-13,16,23H,6H2,(H,28,29)(H,30,31)(H2,18,19,20)(H2,25,26,27)/t10-,12?,13+,16-/m1/s1. The third-order valence-electron chi connectivity index (χ3n) is 5.04. The zero-order chi connectivity index (χ0) is 28.6. The Kier molecular flexibility index (Phi) is 8.35. The number of aliphatic hydroxyl groups is 1. The second-order valence-electron chi connectivity index (χ2n) is 7.76. The van der Waals surface area contributed by atoms with Crippen molar-refractivity contribution in [2.45, 2.75) is 24.5 Å². The molecule has 2 aromatic heterocycles. The largest absolute Gasteiger partial charge is 0.490 e. The number of hydrogen-bond acceptors (Lipinski definition) is 14. The first-order valence-electron chi connectivity index (χ1n) is 10.5. The number of nitrogen functional groups attached to an aromatic ring is 1. The Morgan fingerprint density at radius 2 is 1.72 bits per heavy atom. The minimum atomic E-state index is -5.79. The Balaban J connectivity index is 1.57. The molecule has 3 heterocycles. The zero-order valence-electron chi connectivity index (χ0n) is 19.2. The molecule has 3 unspecified atom stereocenters. The highest BCUT2D eigenvalue weighted by Gasteiger charge is 2.49. The maximum atomic E-state index is 12.7. The van der Waals surface area contributed by atoms with Gasteiger partial charge in [0.1, 0.15) is 24.1 Å². The van der Waals surface area contributed by atoms with Crippen molar-refractivity contribution in [3.05, 3.63) is 48.5 Å². The summed E-state index contributed by atoms with van der Waals surface area (Å²) in [6.45, 7) is -1.01. The van der Waals surface area contributed by atoms with Gasteiger partial charge in [-0.1, -0.05) is 18.2 Å². The molecule has 1 fully saturated rings. The van der Waals surface area contributed by atoms with E-state index < -0.39 is 60.6 Å². The minimum Gasteiger partial charge on any atom is -0.453 e. The van der Waals surface area contributed by atoms with Gasteiger partial charge in [-0.15, -0.1) is 0 Å². The van der Waals surface area contributed by atoms with Crippen LogP contribution in [0.1, 0.15) is 16.6 Å². The van der Waals surface area contributed by atoms with E-state index in [0.717, 1.165) is 6.33 Å². The third-order valence-corrected chi connectivity index (χ3v) is 8.84. The van der Waals surface area contributed by atoms with Gasteiger partial charge in [-0.2, -0.15) is 8.62 Å². The van der Waals surface area contributed by atoms with Gasteiger partial charge in [0.25, 0.3) is 0 Å². The van der Waals surface area contributed by atoms with E-state index in [1.54, 1.807) is 18.2 Å². The fourth-order valence-corrected chi connectivity index (χ4v) is 6.55. The second-order valence-corrected chi connectivity index (χ2v) is 12.2. The topological polar surface area (TPSA) is 285 Å². The molecule has 0 saturated carbocycles. The SMILES string of the molecule is Nc1ncnc2c1ncn2[C@@H]1O[C@H](COP(=O)(O)OP(=O)(O)OP(=O)(O)O)[C@H](OC(=O)c2ccccc2)C1O. The smallest absolute Gasteiger partial charge is 0.453 e. The molecule has 7 N–H and O–H groups in total. The molecule has 212 valence electrons. The number of rotatable bonds is 10. The van der Waals surface area contributed by atoms with Gasteiger partial charge in [-0.25, -0.2) is 33.4 Å². The number of fused-ring (bicyclic) bond motifs is 1. The van der Waals surface area contributed by atoms with E-state index in [4.69, 9.17) is 25.0 Å². The summed E-state index contributed by atoms with van der Waals surface area (Å²) in [7, 11) is -16.9. The van der Waals surface area contributed by atoms with E-state index in [2.05, 4.69) is 28.1 Å². The van der Waals surface area contributed by atoms with Crippen molar-refractivity contribution >= 4 is 46.4 Å². The third kappa shape index (κ3) is 7.12. The molecule has 1 saturated heterocycles. The van der Waals surface area contributed by atoms with Crippen molar-refractivity contribution in [1.29, 1.82) is 0 Å². The quantitative estimate of drug-likeness (QED) is 0.132. The lowest BCUT2D eigenvalue weighted by Crippen LogP contribution is -2.38. The van der Waals surface area contributed by atoms with Gasteiger partial charge < -0.3 is 39.9 Å². The summed E-state index contributed by atoms with van der Waals surface area (Å²) in [6.07, 6.45) is -3.78. The first-order valence-corrected chi connectivity index (χ1v) is 15.0. The number of nitrogens with zero attached hydrogens (tertiary/aromatic N) is 4. The average Bonchev–Trinajstić information content (AvgIpc) is 3.38. The highest BCUT2D eigenvalue weighted by atomic mass is 31.3. The Morgan fingerprint density at radius 3 is 2.38 bits per heavy atom. The molecule has 1 aliphatic rings. The summed E-state index contributed by atoms with van der Waals surface area (Å²) in [5.74, 6) is -0.892. The molecule has 4 rings (SSSR count). The molecule has 22 heteroatoms. The minimum absolute atomic E-state index is 0.0162. The molecule has 3 aromatic rings. The van der Waals surface area contributed by atoms with Crippen molar-refractivity contribution in [1.82, 2.24) is 19.5 Å². The van der Waals surface area contributed by atoms with Crippen LogP contribution in [0.3, 0.4) is 0 Å². The number of carbonyl (C=O) groups is 1. The van der Waals surface area contributed by atoms with Gasteiger partial charge >= 0.3 is 29.4 Å². The number of ether oxygens (including phenoxy) is 2. The van der Waals surface area contributed by atoms with Crippen LogP contribution in [-0.2, 0) is 36.3 Å². The first-order chi connectivity index (χ1) is 18.2. The van der Waals surface area contributed by atoms with Crippen LogP contribution in [0.25, 0.3) is 11.2 Å². The van der Waals surface area contributed by atoms with E-state index in [0.29, 0.717) is 0 Å². The molecule has 0 bridgehead atoms. The molecule has 1 aliphatic heterocycles. The Morgan fingerprint density at radius 1 is 1.03 bits per heavy atom. The van der Waals surface area contributed by atoms with Crippen LogP contribution in [-0.4, -0.2) is 75.1 Å². The maximum Gasteiger partial charge on any atom is 0.490 e. The maximum absolute atomic E-state index is 12.7. The summed E-state index contributed by atoms with van der Waals surface area (Å²) in [5, 5.41) is 11.0. The summed E-state index contributed by atoms with van der Waals surface area (Å²) in [4.78, 5) is 61.0. The molecule has 0 radical (unpaired) electrons. The number of hydrogen-bond donors (Lipinski definition) is 6. The lowest BCUT2D eigenvalue weighted by molar-refractivity contribution is -0.0520. The highest BCUT2D eigenvalue weighted by Crippen LogP contribution is 2.66. The van der Waals surface area contributed by atoms with E-state index in [1.165, 1.54) is 23.0 Å². The van der Waals surface area contributed by atoms with Gasteiger partial charge in [0.2, 0.25) is 0 Å². The van der Waals surface area contributed by atoms with Crippen molar-refractivity contribution in [2.24, 2.45) is 0 Å². The summed E-state index contributed by atoms with van der Waals surface area (Å²) in [6, 6.07) is 7.59. The van der Waals surface area contributed by atoms with Crippen molar-refractivity contribution < 1.29 is 65.8 Å². The van der Waals surface area contributed by atoms with Crippen molar-refractivity contribution in [2.75, 3.05) is 12.3 Å². The lowest BCUT2D eigenvalue weighted by Gasteiger charge is -2.22. The van der Waals surface area contributed by atoms with Crippen LogP contribution in [0.15, 0.2) is 43.0 Å². The van der Waals surface area contributed by atoms with E-state index >= 15 is 0 Å². The van der Waals surface area contributed by atoms with Gasteiger partial charge in [0.05, 0.1) is 18.5 Å². The number of esters is 1. The Bertz CT molecular complexity index is 1500. The monoisotopic (exact) mass is 611 g/mol. The average molecular weight is 611 g/mol. The zero-order valence-corrected chi connectivity index (χ0v) is 21.9.